The van der Waals surface area contributed by atoms with Crippen molar-refractivity contribution in [2.45, 2.75) is 19.9 Å². The number of amides is 2. The number of rotatable bonds is 5. The lowest BCUT2D eigenvalue weighted by molar-refractivity contribution is -0.138. The lowest BCUT2D eigenvalue weighted by Crippen LogP contribution is -2.38. The Labute approximate surface area is 155 Å². The number of nitrogens with zero attached hydrogens (tertiary/aromatic N) is 1. The third-order valence-corrected chi connectivity index (χ3v) is 4.20. The van der Waals surface area contributed by atoms with Gasteiger partial charge in [-0.3, -0.25) is 14.5 Å². The Morgan fingerprint density at radius 3 is 2.33 bits per heavy atom. The number of hydrogen-bond donors (Lipinski definition) is 1. The highest BCUT2D eigenvalue weighted by Gasteiger charge is 2.41. The van der Waals surface area contributed by atoms with Crippen molar-refractivity contribution in [3.63, 3.8) is 0 Å². The average molecular weight is 372 g/mol. The fourth-order valence-corrected chi connectivity index (χ4v) is 2.95. The number of hydrogen-bond acceptors (Lipinski definition) is 4. The van der Waals surface area contributed by atoms with Crippen LogP contribution >= 0.6 is 0 Å². The second-order valence-corrected chi connectivity index (χ2v) is 6.28. The molecule has 7 heteroatoms. The van der Waals surface area contributed by atoms with Crippen LogP contribution < -0.4 is 10.1 Å². The number of nitrogens with one attached hydrogen (secondary N) is 1. The Bertz CT molecular complexity index is 954. The number of halogens is 2. The Kier molecular flexibility index (Phi) is 4.94. The van der Waals surface area contributed by atoms with E-state index in [4.69, 9.17) is 4.74 Å². The fourth-order valence-electron chi connectivity index (χ4n) is 2.95. The van der Waals surface area contributed by atoms with Crippen molar-refractivity contribution >= 4 is 23.1 Å². The van der Waals surface area contributed by atoms with Gasteiger partial charge in [-0.2, -0.15) is 0 Å². The zero-order chi connectivity index (χ0) is 19.7. The van der Waals surface area contributed by atoms with Crippen molar-refractivity contribution in [1.82, 2.24) is 4.90 Å². The predicted octanol–water partition coefficient (Wildman–Crippen LogP) is 3.57. The summed E-state index contributed by atoms with van der Waals surface area (Å²) in [5.41, 5.74) is 0.703. The van der Waals surface area contributed by atoms with Crippen molar-refractivity contribution in [1.29, 1.82) is 0 Å². The Morgan fingerprint density at radius 1 is 1.00 bits per heavy atom. The van der Waals surface area contributed by atoms with Gasteiger partial charge in [0.05, 0.1) is 12.7 Å². The normalized spacial score (nSPS) is 14.4. The summed E-state index contributed by atoms with van der Waals surface area (Å²) in [5.74, 6) is -2.66. The van der Waals surface area contributed by atoms with Crippen LogP contribution in [0, 0.1) is 11.6 Å². The standard InChI is InChI=1S/C20H18F2N2O3/c1-11(2)24-19(25)17(13-6-4-5-7-16(13)27-3)18(20(24)26)23-12-8-9-14(21)15(22)10-12/h4-11,23H,1-3H3. The minimum atomic E-state index is -1.06. The molecular formula is C20H18F2N2O3. The molecule has 2 aromatic rings. The first kappa shape index (κ1) is 18.6. The summed E-state index contributed by atoms with van der Waals surface area (Å²) < 4.78 is 32.1. The molecule has 2 amide bonds. The molecule has 1 heterocycles. The molecule has 0 spiro atoms. The van der Waals surface area contributed by atoms with E-state index < -0.39 is 23.4 Å². The second kappa shape index (κ2) is 7.19. The Morgan fingerprint density at radius 2 is 1.70 bits per heavy atom. The highest BCUT2D eigenvalue weighted by atomic mass is 19.2. The first-order valence-corrected chi connectivity index (χ1v) is 8.32. The summed E-state index contributed by atoms with van der Waals surface area (Å²) in [4.78, 5) is 27.0. The molecule has 0 saturated heterocycles. The van der Waals surface area contributed by atoms with Gasteiger partial charge < -0.3 is 10.1 Å². The molecule has 0 aromatic heterocycles. The maximum atomic E-state index is 13.6. The second-order valence-electron chi connectivity index (χ2n) is 6.28. The Balaban J connectivity index is 2.15. The van der Waals surface area contributed by atoms with Crippen LogP contribution in [0.1, 0.15) is 19.4 Å². The minimum absolute atomic E-state index is 0.00999. The molecule has 0 saturated carbocycles. The van der Waals surface area contributed by atoms with E-state index in [0.29, 0.717) is 11.3 Å². The van der Waals surface area contributed by atoms with Crippen molar-refractivity contribution in [3.8, 4) is 5.75 Å². The van der Waals surface area contributed by atoms with E-state index in [1.165, 1.54) is 13.2 Å². The van der Waals surface area contributed by atoms with Gasteiger partial charge in [-0.1, -0.05) is 18.2 Å². The third-order valence-electron chi connectivity index (χ3n) is 4.20. The number of para-hydroxylation sites is 1. The summed E-state index contributed by atoms with van der Waals surface area (Å²) >= 11 is 0. The number of methoxy groups -OCH3 is 1. The van der Waals surface area contributed by atoms with E-state index in [9.17, 15) is 18.4 Å². The molecule has 3 rings (SSSR count). The van der Waals surface area contributed by atoms with Gasteiger partial charge in [0.1, 0.15) is 11.4 Å². The summed E-state index contributed by atoms with van der Waals surface area (Å²) in [5, 5.41) is 2.78. The molecule has 140 valence electrons. The molecule has 0 atom stereocenters. The number of ether oxygens (including phenoxy) is 1. The predicted molar refractivity (Wildman–Crippen MR) is 96.9 cm³/mol. The quantitative estimate of drug-likeness (QED) is 0.815. The number of anilines is 1. The molecule has 5 nitrogen and oxygen atoms in total. The molecule has 1 aliphatic rings. The largest absolute Gasteiger partial charge is 0.496 e. The molecule has 2 aromatic carbocycles. The SMILES string of the molecule is COc1ccccc1C1=C(Nc2ccc(F)c(F)c2)C(=O)N(C(C)C)C1=O. The van der Waals surface area contributed by atoms with Gasteiger partial charge in [0.15, 0.2) is 11.6 Å². The average Bonchev–Trinajstić information content (AvgIpc) is 2.88. The number of benzene rings is 2. The number of carbonyl (C=O) groups is 2. The smallest absolute Gasteiger partial charge is 0.278 e. The highest BCUT2D eigenvalue weighted by molar-refractivity contribution is 6.37. The van der Waals surface area contributed by atoms with Crippen molar-refractivity contribution in [2.24, 2.45) is 0 Å². The lowest BCUT2D eigenvalue weighted by atomic mass is 10.0. The first-order valence-electron chi connectivity index (χ1n) is 8.32. The maximum absolute atomic E-state index is 13.6. The van der Waals surface area contributed by atoms with Crippen LogP contribution in [0.2, 0.25) is 0 Å². The van der Waals surface area contributed by atoms with E-state index in [0.717, 1.165) is 17.0 Å². The van der Waals surface area contributed by atoms with Gasteiger partial charge in [-0.05, 0) is 32.0 Å². The van der Waals surface area contributed by atoms with E-state index in [1.54, 1.807) is 38.1 Å². The van der Waals surface area contributed by atoms with Crippen molar-refractivity contribution in [3.05, 3.63) is 65.4 Å². The summed E-state index contributed by atoms with van der Waals surface area (Å²) in [7, 11) is 1.46. The highest BCUT2D eigenvalue weighted by Crippen LogP contribution is 2.36. The summed E-state index contributed by atoms with van der Waals surface area (Å²) in [6.07, 6.45) is 0. The molecule has 1 N–H and O–H groups in total. The Hall–Kier alpha value is -3.22. The number of imide groups is 1. The molecule has 1 aliphatic heterocycles. The van der Waals surface area contributed by atoms with E-state index >= 15 is 0 Å². The van der Waals surface area contributed by atoms with Crippen LogP contribution in [-0.2, 0) is 9.59 Å². The van der Waals surface area contributed by atoms with Crippen molar-refractivity contribution < 1.29 is 23.1 Å². The zero-order valence-electron chi connectivity index (χ0n) is 15.0. The van der Waals surface area contributed by atoms with Crippen LogP contribution in [-0.4, -0.2) is 29.9 Å². The summed E-state index contributed by atoms with van der Waals surface area (Å²) in [6, 6.07) is 9.59. The molecule has 0 radical (unpaired) electrons. The van der Waals surface area contributed by atoms with E-state index in [1.807, 2.05) is 0 Å². The van der Waals surface area contributed by atoms with Gasteiger partial charge in [0.25, 0.3) is 11.8 Å². The van der Waals surface area contributed by atoms with Gasteiger partial charge >= 0.3 is 0 Å². The molecule has 0 bridgehead atoms. The maximum Gasteiger partial charge on any atom is 0.278 e. The van der Waals surface area contributed by atoms with Gasteiger partial charge in [0, 0.05) is 23.4 Å². The van der Waals surface area contributed by atoms with Crippen LogP contribution in [0.25, 0.3) is 5.57 Å². The van der Waals surface area contributed by atoms with Gasteiger partial charge in [-0.15, -0.1) is 0 Å². The van der Waals surface area contributed by atoms with E-state index in [2.05, 4.69) is 5.32 Å². The van der Waals surface area contributed by atoms with Crippen LogP contribution in [0.4, 0.5) is 14.5 Å². The topological polar surface area (TPSA) is 58.6 Å². The van der Waals surface area contributed by atoms with Gasteiger partial charge in [-0.25, -0.2) is 8.78 Å². The molecule has 27 heavy (non-hydrogen) atoms. The van der Waals surface area contributed by atoms with Crippen molar-refractivity contribution in [2.75, 3.05) is 12.4 Å². The monoisotopic (exact) mass is 372 g/mol. The van der Waals surface area contributed by atoms with Gasteiger partial charge in [0.2, 0.25) is 0 Å². The first-order chi connectivity index (χ1) is 12.8. The zero-order valence-corrected chi connectivity index (χ0v) is 15.0. The number of carbonyl (C=O) groups excluding carboxylic acids is 2. The summed E-state index contributed by atoms with van der Waals surface area (Å²) in [6.45, 7) is 3.44. The van der Waals surface area contributed by atoms with Crippen LogP contribution in [0.15, 0.2) is 48.2 Å². The molecule has 0 unspecified atom stereocenters. The van der Waals surface area contributed by atoms with Crippen LogP contribution in [0.3, 0.4) is 0 Å². The lowest BCUT2D eigenvalue weighted by Gasteiger charge is -2.19. The minimum Gasteiger partial charge on any atom is -0.496 e. The van der Waals surface area contributed by atoms with E-state index in [-0.39, 0.29) is 23.0 Å². The third kappa shape index (κ3) is 3.28. The van der Waals surface area contributed by atoms with Crippen LogP contribution in [0.5, 0.6) is 5.75 Å². The fraction of sp³-hybridized carbons (Fsp3) is 0.200. The molecular weight excluding hydrogens is 354 g/mol. The molecule has 0 fully saturated rings. The molecule has 0 aliphatic carbocycles.